The Bertz CT molecular complexity index is 541. The standard InChI is InChI=1S/C15H18ClNO2S/c1-2-12(17)15(13-7-8-14(16)20-13)19-11-5-3-10(9-18)4-6-11/h3-8,12,15,18H,2,9,17H2,1H3. The fourth-order valence-electron chi connectivity index (χ4n) is 1.87. The number of rotatable bonds is 6. The van der Waals surface area contributed by atoms with Crippen molar-refractivity contribution in [3.8, 4) is 5.75 Å². The number of halogens is 1. The summed E-state index contributed by atoms with van der Waals surface area (Å²) in [6.07, 6.45) is 0.604. The van der Waals surface area contributed by atoms with Crippen molar-refractivity contribution in [1.82, 2.24) is 0 Å². The molecule has 2 unspecified atom stereocenters. The molecule has 2 atom stereocenters. The number of aliphatic hydroxyl groups is 1. The summed E-state index contributed by atoms with van der Waals surface area (Å²) in [5.41, 5.74) is 7.02. The van der Waals surface area contributed by atoms with E-state index >= 15 is 0 Å². The maximum atomic E-state index is 9.04. The summed E-state index contributed by atoms with van der Waals surface area (Å²) in [5, 5.41) is 9.04. The topological polar surface area (TPSA) is 55.5 Å². The first-order valence-corrected chi connectivity index (χ1v) is 7.70. The zero-order valence-electron chi connectivity index (χ0n) is 11.3. The van der Waals surface area contributed by atoms with Gasteiger partial charge in [-0.05, 0) is 36.2 Å². The largest absolute Gasteiger partial charge is 0.483 e. The van der Waals surface area contributed by atoms with Crippen molar-refractivity contribution in [2.45, 2.75) is 32.1 Å². The predicted molar refractivity (Wildman–Crippen MR) is 83.3 cm³/mol. The summed E-state index contributed by atoms with van der Waals surface area (Å²) < 4.78 is 6.74. The Morgan fingerprint density at radius 1 is 1.25 bits per heavy atom. The Balaban J connectivity index is 2.18. The molecule has 2 rings (SSSR count). The molecule has 0 saturated heterocycles. The molecular formula is C15H18ClNO2S. The molecule has 0 fully saturated rings. The van der Waals surface area contributed by atoms with E-state index in [1.54, 1.807) is 0 Å². The Hall–Kier alpha value is -1.07. The Kier molecular flexibility index (Phi) is 5.43. The fraction of sp³-hybridized carbons (Fsp3) is 0.333. The number of ether oxygens (including phenoxy) is 1. The smallest absolute Gasteiger partial charge is 0.148 e. The van der Waals surface area contributed by atoms with Crippen molar-refractivity contribution in [2.24, 2.45) is 5.73 Å². The minimum atomic E-state index is -0.211. The SMILES string of the molecule is CCC(N)C(Oc1ccc(CO)cc1)c1ccc(Cl)s1. The second-order valence-electron chi connectivity index (χ2n) is 4.55. The highest BCUT2D eigenvalue weighted by atomic mass is 35.5. The van der Waals surface area contributed by atoms with Gasteiger partial charge in [-0.2, -0.15) is 0 Å². The van der Waals surface area contributed by atoms with Crippen LogP contribution in [0.1, 0.15) is 29.9 Å². The molecule has 0 radical (unpaired) electrons. The summed E-state index contributed by atoms with van der Waals surface area (Å²) in [6.45, 7) is 2.06. The summed E-state index contributed by atoms with van der Waals surface area (Å²) >= 11 is 7.48. The van der Waals surface area contributed by atoms with Crippen molar-refractivity contribution in [3.63, 3.8) is 0 Å². The third-order valence-corrected chi connectivity index (χ3v) is 4.40. The van der Waals surface area contributed by atoms with Crippen LogP contribution < -0.4 is 10.5 Å². The normalized spacial score (nSPS) is 14.0. The molecule has 3 nitrogen and oxygen atoms in total. The lowest BCUT2D eigenvalue weighted by Crippen LogP contribution is -2.30. The molecule has 108 valence electrons. The number of nitrogens with two attached hydrogens (primary N) is 1. The van der Waals surface area contributed by atoms with Crippen LogP contribution in [0.5, 0.6) is 5.75 Å². The molecule has 1 aromatic heterocycles. The van der Waals surface area contributed by atoms with E-state index in [-0.39, 0.29) is 18.8 Å². The first-order chi connectivity index (χ1) is 9.63. The number of benzene rings is 1. The zero-order valence-corrected chi connectivity index (χ0v) is 12.8. The van der Waals surface area contributed by atoms with E-state index < -0.39 is 0 Å². The molecule has 0 aliphatic rings. The number of hydrogen-bond acceptors (Lipinski definition) is 4. The van der Waals surface area contributed by atoms with Gasteiger partial charge in [0, 0.05) is 10.9 Å². The Morgan fingerprint density at radius 3 is 2.45 bits per heavy atom. The van der Waals surface area contributed by atoms with Crippen LogP contribution in [0.2, 0.25) is 4.34 Å². The van der Waals surface area contributed by atoms with Gasteiger partial charge in [0.15, 0.2) is 0 Å². The van der Waals surface area contributed by atoms with E-state index in [1.165, 1.54) is 11.3 Å². The van der Waals surface area contributed by atoms with Crippen LogP contribution in [0, 0.1) is 0 Å². The molecule has 20 heavy (non-hydrogen) atoms. The first-order valence-electron chi connectivity index (χ1n) is 6.51. The molecule has 0 spiro atoms. The first kappa shape index (κ1) is 15.3. The van der Waals surface area contributed by atoms with Crippen LogP contribution in [-0.2, 0) is 6.61 Å². The molecule has 0 aliphatic heterocycles. The van der Waals surface area contributed by atoms with Gasteiger partial charge < -0.3 is 15.6 Å². The molecule has 1 aromatic carbocycles. The monoisotopic (exact) mass is 311 g/mol. The van der Waals surface area contributed by atoms with Crippen LogP contribution in [0.4, 0.5) is 0 Å². The quantitative estimate of drug-likeness (QED) is 0.854. The molecule has 1 heterocycles. The summed E-state index contributed by atoms with van der Waals surface area (Å²) in [4.78, 5) is 1.02. The van der Waals surface area contributed by atoms with Gasteiger partial charge in [-0.3, -0.25) is 0 Å². The zero-order chi connectivity index (χ0) is 14.5. The second kappa shape index (κ2) is 7.09. The summed E-state index contributed by atoms with van der Waals surface area (Å²) in [6, 6.07) is 11.1. The van der Waals surface area contributed by atoms with Gasteiger partial charge in [0.1, 0.15) is 11.9 Å². The highest BCUT2D eigenvalue weighted by molar-refractivity contribution is 7.16. The second-order valence-corrected chi connectivity index (χ2v) is 6.30. The lowest BCUT2D eigenvalue weighted by molar-refractivity contribution is 0.174. The summed E-state index contributed by atoms with van der Waals surface area (Å²) in [7, 11) is 0. The van der Waals surface area contributed by atoms with Gasteiger partial charge in [-0.1, -0.05) is 30.7 Å². The lowest BCUT2D eigenvalue weighted by Gasteiger charge is -2.23. The highest BCUT2D eigenvalue weighted by Crippen LogP contribution is 2.32. The molecule has 0 saturated carbocycles. The van der Waals surface area contributed by atoms with Crippen molar-refractivity contribution in [1.29, 1.82) is 0 Å². The van der Waals surface area contributed by atoms with Crippen molar-refractivity contribution >= 4 is 22.9 Å². The van der Waals surface area contributed by atoms with Crippen LogP contribution in [0.25, 0.3) is 0 Å². The van der Waals surface area contributed by atoms with E-state index in [1.807, 2.05) is 43.3 Å². The Labute approximate surface area is 128 Å². The lowest BCUT2D eigenvalue weighted by atomic mass is 10.1. The van der Waals surface area contributed by atoms with E-state index in [4.69, 9.17) is 27.2 Å². The van der Waals surface area contributed by atoms with Gasteiger partial charge >= 0.3 is 0 Å². The van der Waals surface area contributed by atoms with E-state index in [2.05, 4.69) is 0 Å². The molecule has 5 heteroatoms. The fourth-order valence-corrected chi connectivity index (χ4v) is 3.04. The summed E-state index contributed by atoms with van der Waals surface area (Å²) in [5.74, 6) is 0.737. The molecule has 3 N–H and O–H groups in total. The highest BCUT2D eigenvalue weighted by Gasteiger charge is 2.22. The van der Waals surface area contributed by atoms with Crippen molar-refractivity contribution in [3.05, 3.63) is 51.2 Å². The van der Waals surface area contributed by atoms with Crippen LogP contribution in [0.15, 0.2) is 36.4 Å². The van der Waals surface area contributed by atoms with Crippen LogP contribution >= 0.6 is 22.9 Å². The van der Waals surface area contributed by atoms with Gasteiger partial charge in [-0.25, -0.2) is 0 Å². The van der Waals surface area contributed by atoms with Gasteiger partial charge in [0.25, 0.3) is 0 Å². The number of hydrogen-bond donors (Lipinski definition) is 2. The van der Waals surface area contributed by atoms with Crippen LogP contribution in [-0.4, -0.2) is 11.1 Å². The Morgan fingerprint density at radius 2 is 1.95 bits per heavy atom. The third-order valence-electron chi connectivity index (χ3n) is 3.10. The van der Waals surface area contributed by atoms with Gasteiger partial charge in [-0.15, -0.1) is 11.3 Å². The maximum Gasteiger partial charge on any atom is 0.148 e. The van der Waals surface area contributed by atoms with Crippen molar-refractivity contribution in [2.75, 3.05) is 0 Å². The number of thiophene rings is 1. The average Bonchev–Trinajstić information content (AvgIpc) is 2.91. The molecule has 0 aliphatic carbocycles. The predicted octanol–water partition coefficient (Wildman–Crippen LogP) is 3.75. The van der Waals surface area contributed by atoms with Gasteiger partial charge in [0.2, 0.25) is 0 Å². The minimum Gasteiger partial charge on any atom is -0.483 e. The number of aliphatic hydroxyl groups excluding tert-OH is 1. The van der Waals surface area contributed by atoms with E-state index in [0.29, 0.717) is 0 Å². The van der Waals surface area contributed by atoms with E-state index in [0.717, 1.165) is 26.9 Å². The average molecular weight is 312 g/mol. The van der Waals surface area contributed by atoms with Gasteiger partial charge in [0.05, 0.1) is 10.9 Å². The minimum absolute atomic E-state index is 0.0265. The molecular weight excluding hydrogens is 294 g/mol. The van der Waals surface area contributed by atoms with E-state index in [9.17, 15) is 0 Å². The third kappa shape index (κ3) is 3.73. The van der Waals surface area contributed by atoms with Crippen molar-refractivity contribution < 1.29 is 9.84 Å². The van der Waals surface area contributed by atoms with Crippen LogP contribution in [0.3, 0.4) is 0 Å². The molecule has 2 aromatic rings. The molecule has 0 amide bonds. The molecule has 0 bridgehead atoms. The maximum absolute atomic E-state index is 9.04.